The number of carboxylic acids is 1. The van der Waals surface area contributed by atoms with Crippen LogP contribution in [0.25, 0.3) is 0 Å². The Balaban J connectivity index is 0. The van der Waals surface area contributed by atoms with Gasteiger partial charge in [0.25, 0.3) is 0 Å². The quantitative estimate of drug-likeness (QED) is 0.648. The van der Waals surface area contributed by atoms with Crippen LogP contribution in [-0.4, -0.2) is 36.1 Å². The molecule has 0 saturated carbocycles. The van der Waals surface area contributed by atoms with Crippen molar-refractivity contribution in [2.24, 2.45) is 0 Å². The zero-order valence-electron chi connectivity index (χ0n) is 7.22. The number of likely N-dealkylation sites (N-methyl/N-ethyl adjacent to an activating group) is 1. The molecular weight excluding hydrogens is 130 g/mol. The molecule has 0 aliphatic heterocycles. The molecule has 0 aromatic rings. The first-order valence-corrected chi connectivity index (χ1v) is 3.57. The van der Waals surface area contributed by atoms with E-state index in [2.05, 4.69) is 0 Å². The summed E-state index contributed by atoms with van der Waals surface area (Å²) >= 11 is 0. The maximum absolute atomic E-state index is 9.93. The summed E-state index contributed by atoms with van der Waals surface area (Å²) in [5.74, 6) is -0.769. The molecule has 10 heavy (non-hydrogen) atoms. The fraction of sp³-hybridized carbons (Fsp3) is 0.857. The highest BCUT2D eigenvalue weighted by Crippen LogP contribution is 1.77. The second-order valence-electron chi connectivity index (χ2n) is 1.72. The first kappa shape index (κ1) is 12.1. The van der Waals surface area contributed by atoms with E-state index in [1.807, 2.05) is 20.8 Å². The predicted octanol–water partition coefficient (Wildman–Crippen LogP) is 1.05. The van der Waals surface area contributed by atoms with E-state index in [0.717, 1.165) is 6.54 Å². The van der Waals surface area contributed by atoms with E-state index >= 15 is 0 Å². The van der Waals surface area contributed by atoms with Crippen molar-refractivity contribution in [2.75, 3.05) is 20.1 Å². The molecule has 0 aromatic carbocycles. The van der Waals surface area contributed by atoms with Crippen molar-refractivity contribution >= 4 is 5.97 Å². The third-order valence-corrected chi connectivity index (χ3v) is 0.945. The molecular formula is C7H17NO2. The number of aliphatic carboxylic acids is 1. The minimum atomic E-state index is -0.769. The van der Waals surface area contributed by atoms with Crippen molar-refractivity contribution in [3.8, 4) is 0 Å². The first-order chi connectivity index (χ1) is 4.66. The normalized spacial score (nSPS) is 8.50. The summed E-state index contributed by atoms with van der Waals surface area (Å²) in [6.07, 6.45) is 0. The summed E-state index contributed by atoms with van der Waals surface area (Å²) in [4.78, 5) is 11.7. The van der Waals surface area contributed by atoms with Crippen LogP contribution in [0.15, 0.2) is 0 Å². The van der Waals surface area contributed by atoms with Crippen LogP contribution in [0.2, 0.25) is 0 Å². The SMILES string of the molecule is CC.CCN(C)CC(=O)O. The van der Waals surface area contributed by atoms with Gasteiger partial charge < -0.3 is 5.11 Å². The molecule has 0 bridgehead atoms. The average Bonchev–Trinajstić information content (AvgIpc) is 1.91. The van der Waals surface area contributed by atoms with Gasteiger partial charge in [-0.1, -0.05) is 20.8 Å². The van der Waals surface area contributed by atoms with Crippen molar-refractivity contribution in [2.45, 2.75) is 20.8 Å². The van der Waals surface area contributed by atoms with Crippen LogP contribution in [0.4, 0.5) is 0 Å². The molecule has 0 spiro atoms. The molecule has 0 aliphatic rings. The van der Waals surface area contributed by atoms with Gasteiger partial charge in [0, 0.05) is 0 Å². The maximum Gasteiger partial charge on any atom is 0.317 e. The average molecular weight is 147 g/mol. The van der Waals surface area contributed by atoms with E-state index in [0.29, 0.717) is 0 Å². The lowest BCUT2D eigenvalue weighted by molar-refractivity contribution is -0.137. The van der Waals surface area contributed by atoms with Crippen molar-refractivity contribution in [3.05, 3.63) is 0 Å². The van der Waals surface area contributed by atoms with E-state index in [9.17, 15) is 4.79 Å². The predicted molar refractivity (Wildman–Crippen MR) is 42.2 cm³/mol. The van der Waals surface area contributed by atoms with Crippen LogP contribution >= 0.6 is 0 Å². The van der Waals surface area contributed by atoms with E-state index in [-0.39, 0.29) is 6.54 Å². The second-order valence-corrected chi connectivity index (χ2v) is 1.72. The summed E-state index contributed by atoms with van der Waals surface area (Å²) in [6.45, 7) is 6.84. The van der Waals surface area contributed by atoms with Crippen LogP contribution in [0.5, 0.6) is 0 Å². The van der Waals surface area contributed by atoms with Crippen LogP contribution in [0.3, 0.4) is 0 Å². The summed E-state index contributed by atoms with van der Waals surface area (Å²) in [5, 5.41) is 8.17. The van der Waals surface area contributed by atoms with Crippen LogP contribution in [0, 0.1) is 0 Å². The third-order valence-electron chi connectivity index (χ3n) is 0.945. The minimum absolute atomic E-state index is 0.135. The minimum Gasteiger partial charge on any atom is -0.480 e. The van der Waals surface area contributed by atoms with E-state index < -0.39 is 5.97 Å². The lowest BCUT2D eigenvalue weighted by atomic mass is 10.5. The molecule has 62 valence electrons. The zero-order chi connectivity index (χ0) is 8.57. The molecule has 0 aromatic heterocycles. The Morgan fingerprint density at radius 3 is 2.00 bits per heavy atom. The lowest BCUT2D eigenvalue weighted by Gasteiger charge is -2.08. The molecule has 0 amide bonds. The standard InChI is InChI=1S/C5H11NO2.C2H6/c1-3-6(2)4-5(7)8;1-2/h3-4H2,1-2H3,(H,7,8);1-2H3. The smallest absolute Gasteiger partial charge is 0.317 e. The zero-order valence-corrected chi connectivity index (χ0v) is 7.22. The number of hydrogen-bond acceptors (Lipinski definition) is 2. The van der Waals surface area contributed by atoms with Gasteiger partial charge in [-0.25, -0.2) is 0 Å². The Morgan fingerprint density at radius 1 is 1.50 bits per heavy atom. The summed E-state index contributed by atoms with van der Waals surface area (Å²) in [7, 11) is 1.77. The summed E-state index contributed by atoms with van der Waals surface area (Å²) in [5.41, 5.74) is 0. The Bertz CT molecular complexity index is 83.7. The Hall–Kier alpha value is -0.570. The van der Waals surface area contributed by atoms with Gasteiger partial charge in [-0.3, -0.25) is 9.69 Å². The molecule has 0 atom stereocenters. The van der Waals surface area contributed by atoms with Crippen molar-refractivity contribution in [1.29, 1.82) is 0 Å². The molecule has 3 nitrogen and oxygen atoms in total. The topological polar surface area (TPSA) is 40.5 Å². The van der Waals surface area contributed by atoms with Gasteiger partial charge in [0.1, 0.15) is 0 Å². The number of rotatable bonds is 3. The monoisotopic (exact) mass is 147 g/mol. The maximum atomic E-state index is 9.93. The highest BCUT2D eigenvalue weighted by molar-refractivity contribution is 5.68. The molecule has 0 heterocycles. The van der Waals surface area contributed by atoms with Gasteiger partial charge in [0.2, 0.25) is 0 Å². The number of hydrogen-bond donors (Lipinski definition) is 1. The summed E-state index contributed by atoms with van der Waals surface area (Å²) in [6, 6.07) is 0. The molecule has 0 unspecified atom stereocenters. The van der Waals surface area contributed by atoms with Gasteiger partial charge >= 0.3 is 5.97 Å². The molecule has 0 saturated heterocycles. The van der Waals surface area contributed by atoms with E-state index in [1.54, 1.807) is 11.9 Å². The lowest BCUT2D eigenvalue weighted by Crippen LogP contribution is -2.24. The largest absolute Gasteiger partial charge is 0.480 e. The highest BCUT2D eigenvalue weighted by Gasteiger charge is 1.98. The van der Waals surface area contributed by atoms with E-state index in [1.165, 1.54) is 0 Å². The van der Waals surface area contributed by atoms with Crippen molar-refractivity contribution < 1.29 is 9.90 Å². The highest BCUT2D eigenvalue weighted by atomic mass is 16.4. The third kappa shape index (κ3) is 10.4. The van der Waals surface area contributed by atoms with Crippen molar-refractivity contribution in [3.63, 3.8) is 0 Å². The van der Waals surface area contributed by atoms with E-state index in [4.69, 9.17) is 5.11 Å². The molecule has 0 fully saturated rings. The molecule has 0 rings (SSSR count). The van der Waals surface area contributed by atoms with Gasteiger partial charge in [-0.05, 0) is 13.6 Å². The second kappa shape index (κ2) is 8.43. The molecule has 1 N–H and O–H groups in total. The Kier molecular flexibility index (Phi) is 10.2. The Morgan fingerprint density at radius 2 is 1.90 bits per heavy atom. The molecule has 3 heteroatoms. The van der Waals surface area contributed by atoms with Crippen molar-refractivity contribution in [1.82, 2.24) is 4.90 Å². The number of carboxylic acid groups (broad SMARTS) is 1. The van der Waals surface area contributed by atoms with Crippen LogP contribution in [0.1, 0.15) is 20.8 Å². The fourth-order valence-corrected chi connectivity index (χ4v) is 0.343. The van der Waals surface area contributed by atoms with Crippen LogP contribution in [-0.2, 0) is 4.79 Å². The van der Waals surface area contributed by atoms with Gasteiger partial charge in [0.05, 0.1) is 6.54 Å². The molecule has 0 radical (unpaired) electrons. The Labute approximate surface area is 62.7 Å². The van der Waals surface area contributed by atoms with Gasteiger partial charge in [-0.2, -0.15) is 0 Å². The number of nitrogens with zero attached hydrogens (tertiary/aromatic N) is 1. The van der Waals surface area contributed by atoms with Gasteiger partial charge in [-0.15, -0.1) is 0 Å². The molecule has 0 aliphatic carbocycles. The summed E-state index contributed by atoms with van der Waals surface area (Å²) < 4.78 is 0. The first-order valence-electron chi connectivity index (χ1n) is 3.57. The number of carbonyl (C=O) groups is 1. The van der Waals surface area contributed by atoms with Gasteiger partial charge in [0.15, 0.2) is 0 Å². The van der Waals surface area contributed by atoms with Crippen LogP contribution < -0.4 is 0 Å². The fourth-order valence-electron chi connectivity index (χ4n) is 0.343.